The molecule has 3 heterocycles. The number of para-hydroxylation sites is 1. The highest BCUT2D eigenvalue weighted by molar-refractivity contribution is 5.89. The second kappa shape index (κ2) is 7.22. The molecule has 5 rings (SSSR count). The lowest BCUT2D eigenvalue weighted by Crippen LogP contribution is -2.08. The largest absolute Gasteiger partial charge is 0.418 e. The topological polar surface area (TPSA) is 82.5 Å². The summed E-state index contributed by atoms with van der Waals surface area (Å²) < 4.78 is 60.4. The minimum atomic E-state index is -4.55. The zero-order valence-corrected chi connectivity index (χ0v) is 16.3. The van der Waals surface area contributed by atoms with Gasteiger partial charge in [0.05, 0.1) is 22.5 Å². The van der Waals surface area contributed by atoms with E-state index in [4.69, 9.17) is 4.42 Å². The molecule has 0 atom stereocenters. The summed E-state index contributed by atoms with van der Waals surface area (Å²) in [6.07, 6.45) is -3.26. The van der Waals surface area contributed by atoms with E-state index in [9.17, 15) is 17.6 Å². The molecule has 0 N–H and O–H groups in total. The third-order valence-electron chi connectivity index (χ3n) is 4.89. The number of fused-ring (bicyclic) bond motifs is 1. The summed E-state index contributed by atoms with van der Waals surface area (Å²) in [5.41, 5.74) is 0.610. The van der Waals surface area contributed by atoms with E-state index in [2.05, 4.69) is 25.5 Å². The molecule has 0 aliphatic carbocycles. The zero-order valence-electron chi connectivity index (χ0n) is 16.3. The van der Waals surface area contributed by atoms with E-state index >= 15 is 0 Å². The molecule has 0 aliphatic rings. The fourth-order valence-corrected chi connectivity index (χ4v) is 3.36. The van der Waals surface area contributed by atoms with Crippen LogP contribution in [-0.2, 0) is 6.18 Å². The highest BCUT2D eigenvalue weighted by atomic mass is 19.4. The number of halogens is 4. The normalized spacial score (nSPS) is 11.9. The van der Waals surface area contributed by atoms with Gasteiger partial charge < -0.3 is 4.42 Å². The van der Waals surface area contributed by atoms with Crippen LogP contribution >= 0.6 is 0 Å². The Bertz CT molecular complexity index is 1440. The van der Waals surface area contributed by atoms with E-state index in [1.54, 1.807) is 13.0 Å². The van der Waals surface area contributed by atoms with Crippen molar-refractivity contribution in [1.29, 1.82) is 0 Å². The Labute approximate surface area is 177 Å². The number of aromatic nitrogens is 6. The fraction of sp³-hybridized carbons (Fsp3) is 0.0952. The summed E-state index contributed by atoms with van der Waals surface area (Å²) in [4.78, 5) is 3.92. The van der Waals surface area contributed by atoms with E-state index in [1.165, 1.54) is 47.3 Å². The second-order valence-corrected chi connectivity index (χ2v) is 6.88. The van der Waals surface area contributed by atoms with Gasteiger partial charge in [-0.15, -0.1) is 15.3 Å². The number of benzene rings is 2. The van der Waals surface area contributed by atoms with Crippen LogP contribution in [0.3, 0.4) is 0 Å². The van der Waals surface area contributed by atoms with Crippen molar-refractivity contribution in [2.24, 2.45) is 0 Å². The predicted molar refractivity (Wildman–Crippen MR) is 105 cm³/mol. The van der Waals surface area contributed by atoms with Gasteiger partial charge >= 0.3 is 6.18 Å². The molecular weight excluding hydrogens is 428 g/mol. The van der Waals surface area contributed by atoms with Crippen molar-refractivity contribution in [1.82, 2.24) is 30.2 Å². The van der Waals surface area contributed by atoms with Crippen LogP contribution in [0, 0.1) is 12.7 Å². The first-order valence-corrected chi connectivity index (χ1v) is 9.30. The lowest BCUT2D eigenvalue weighted by Gasteiger charge is -2.12. The van der Waals surface area contributed by atoms with Gasteiger partial charge in [0.2, 0.25) is 5.89 Å². The lowest BCUT2D eigenvalue weighted by molar-refractivity contribution is -0.136. The lowest BCUT2D eigenvalue weighted by atomic mass is 10.1. The maximum Gasteiger partial charge on any atom is 0.418 e. The van der Waals surface area contributed by atoms with Crippen LogP contribution in [0.15, 0.2) is 59.1 Å². The standard InChI is InChI=1S/C21H12F4N6O/c1-11-17(20-29-28-19(32-20)12-5-7-13(22)8-6-12)27-30-31(11)16-9-10-26-18-14(16)3-2-4-15(18)21(23,24)25/h2-10H,1H3. The molecular formula is C21H12F4N6O. The third kappa shape index (κ3) is 3.27. The van der Waals surface area contributed by atoms with Gasteiger partial charge in [-0.05, 0) is 43.3 Å². The molecule has 0 spiro atoms. The maximum atomic E-state index is 13.4. The number of hydrogen-bond donors (Lipinski definition) is 0. The summed E-state index contributed by atoms with van der Waals surface area (Å²) >= 11 is 0. The van der Waals surface area contributed by atoms with E-state index in [0.29, 0.717) is 16.9 Å². The van der Waals surface area contributed by atoms with Crippen LogP contribution in [-0.4, -0.2) is 30.2 Å². The number of alkyl halides is 3. The van der Waals surface area contributed by atoms with Gasteiger partial charge in [-0.3, -0.25) is 4.98 Å². The van der Waals surface area contributed by atoms with Crippen molar-refractivity contribution in [3.63, 3.8) is 0 Å². The van der Waals surface area contributed by atoms with Gasteiger partial charge in [-0.1, -0.05) is 17.3 Å². The molecule has 0 aliphatic heterocycles. The molecule has 2 aromatic carbocycles. The van der Waals surface area contributed by atoms with Gasteiger partial charge in [-0.2, -0.15) is 13.2 Å². The van der Waals surface area contributed by atoms with Crippen molar-refractivity contribution < 1.29 is 22.0 Å². The molecule has 0 amide bonds. The molecule has 0 fully saturated rings. The van der Waals surface area contributed by atoms with Gasteiger partial charge in [0.1, 0.15) is 5.82 Å². The molecule has 7 nitrogen and oxygen atoms in total. The van der Waals surface area contributed by atoms with Gasteiger partial charge in [0.15, 0.2) is 5.69 Å². The first-order chi connectivity index (χ1) is 15.3. The van der Waals surface area contributed by atoms with Crippen LogP contribution < -0.4 is 0 Å². The summed E-state index contributed by atoms with van der Waals surface area (Å²) in [5.74, 6) is -0.161. The summed E-state index contributed by atoms with van der Waals surface area (Å²) in [6.45, 7) is 1.68. The first kappa shape index (κ1) is 19.8. The maximum absolute atomic E-state index is 13.4. The van der Waals surface area contributed by atoms with Crippen LogP contribution in [0.1, 0.15) is 11.3 Å². The highest BCUT2D eigenvalue weighted by Crippen LogP contribution is 2.35. The van der Waals surface area contributed by atoms with E-state index in [0.717, 1.165) is 6.07 Å². The Kier molecular flexibility index (Phi) is 4.47. The number of pyridine rings is 1. The Morgan fingerprint density at radius 2 is 1.66 bits per heavy atom. The summed E-state index contributed by atoms with van der Waals surface area (Å²) in [6, 6.07) is 10.9. The van der Waals surface area contributed by atoms with Crippen LogP contribution in [0.2, 0.25) is 0 Å². The van der Waals surface area contributed by atoms with Crippen molar-refractivity contribution in [3.05, 3.63) is 71.8 Å². The van der Waals surface area contributed by atoms with Crippen LogP contribution in [0.5, 0.6) is 0 Å². The van der Waals surface area contributed by atoms with E-state index in [-0.39, 0.29) is 28.4 Å². The number of nitrogens with zero attached hydrogens (tertiary/aromatic N) is 6. The van der Waals surface area contributed by atoms with Crippen LogP contribution in [0.25, 0.3) is 39.6 Å². The Balaban J connectivity index is 1.58. The molecule has 0 bridgehead atoms. The van der Waals surface area contributed by atoms with Gasteiger partial charge in [0.25, 0.3) is 5.89 Å². The van der Waals surface area contributed by atoms with Gasteiger partial charge in [0, 0.05) is 17.1 Å². The van der Waals surface area contributed by atoms with E-state index in [1.807, 2.05) is 0 Å². The molecule has 32 heavy (non-hydrogen) atoms. The molecule has 0 radical (unpaired) electrons. The third-order valence-corrected chi connectivity index (χ3v) is 4.89. The molecule has 3 aromatic heterocycles. The smallest absolute Gasteiger partial charge is 0.414 e. The fourth-order valence-electron chi connectivity index (χ4n) is 3.36. The molecule has 160 valence electrons. The highest BCUT2D eigenvalue weighted by Gasteiger charge is 2.33. The van der Waals surface area contributed by atoms with E-state index < -0.39 is 17.6 Å². The second-order valence-electron chi connectivity index (χ2n) is 6.88. The van der Waals surface area contributed by atoms with Gasteiger partial charge in [-0.25, -0.2) is 9.07 Å². The quantitative estimate of drug-likeness (QED) is 0.367. The monoisotopic (exact) mass is 440 g/mol. The first-order valence-electron chi connectivity index (χ1n) is 9.30. The number of rotatable bonds is 3. The predicted octanol–water partition coefficient (Wildman–Crippen LogP) is 5.00. The zero-order chi connectivity index (χ0) is 22.5. The molecule has 5 aromatic rings. The van der Waals surface area contributed by atoms with Crippen molar-refractivity contribution >= 4 is 10.9 Å². The Hall–Kier alpha value is -4.15. The molecule has 11 heteroatoms. The summed E-state index contributed by atoms with van der Waals surface area (Å²) in [5, 5.41) is 16.3. The van der Waals surface area contributed by atoms with Crippen molar-refractivity contribution in [2.75, 3.05) is 0 Å². The van der Waals surface area contributed by atoms with Crippen LogP contribution in [0.4, 0.5) is 17.6 Å². The minimum Gasteiger partial charge on any atom is -0.414 e. The Morgan fingerprint density at radius 3 is 2.41 bits per heavy atom. The summed E-state index contributed by atoms with van der Waals surface area (Å²) in [7, 11) is 0. The Morgan fingerprint density at radius 1 is 0.906 bits per heavy atom. The van der Waals surface area contributed by atoms with Crippen molar-refractivity contribution in [2.45, 2.75) is 13.1 Å². The SMILES string of the molecule is Cc1c(-c2nnc(-c3ccc(F)cc3)o2)nnn1-c1ccnc2c(C(F)(F)F)cccc12. The average molecular weight is 440 g/mol. The molecule has 0 saturated heterocycles. The number of hydrogen-bond acceptors (Lipinski definition) is 6. The van der Waals surface area contributed by atoms with Crippen molar-refractivity contribution in [3.8, 4) is 28.7 Å². The molecule has 0 saturated carbocycles. The average Bonchev–Trinajstić information content (AvgIpc) is 3.39. The minimum absolute atomic E-state index is 0.0717. The molecule has 0 unspecified atom stereocenters.